The maximum absolute atomic E-state index is 12.7. The van der Waals surface area contributed by atoms with Crippen molar-refractivity contribution >= 4 is 42.3 Å². The van der Waals surface area contributed by atoms with Gasteiger partial charge in [0.05, 0.1) is 6.54 Å². The van der Waals surface area contributed by atoms with Crippen molar-refractivity contribution in [3.05, 3.63) is 0 Å². The van der Waals surface area contributed by atoms with Crippen molar-refractivity contribution in [3.63, 3.8) is 0 Å². The summed E-state index contributed by atoms with van der Waals surface area (Å²) in [6, 6.07) is 3.01. The molecule has 0 radical (unpaired) electrons. The summed E-state index contributed by atoms with van der Waals surface area (Å²) in [4.78, 5) is 0. The predicted octanol–water partition coefficient (Wildman–Crippen LogP) is 4.76. The zero-order valence-electron chi connectivity index (χ0n) is 24.0. The minimum absolute atomic E-state index is 0. The SMILES string of the molecule is C.C.C.C.C.C[Si](C)(CCCN)O[Si](C)(C)O[Si](C)(C)CCCN.C[Si](C)(F)CCC[NH3+].C[Si](C)(F)F.F.O.[F-]. The molecule has 0 rings (SSSR count). The quantitative estimate of drug-likeness (QED) is 0.146. The zero-order chi connectivity index (χ0) is 26.3. The van der Waals surface area contributed by atoms with Gasteiger partial charge in [0.1, 0.15) is 0 Å². The van der Waals surface area contributed by atoms with Crippen LogP contribution in [-0.4, -0.2) is 67.5 Å². The van der Waals surface area contributed by atoms with Gasteiger partial charge < -0.3 is 39.7 Å². The van der Waals surface area contributed by atoms with Crippen LogP contribution < -0.4 is 21.9 Å². The lowest BCUT2D eigenvalue weighted by molar-refractivity contribution is -0.367. The van der Waals surface area contributed by atoms with Crippen molar-refractivity contribution in [2.24, 2.45) is 11.5 Å². The molecule has 9 N–H and O–H groups in total. The predicted molar refractivity (Wildman–Crippen MR) is 187 cm³/mol. The van der Waals surface area contributed by atoms with E-state index in [1.54, 1.807) is 13.1 Å². The van der Waals surface area contributed by atoms with Crippen LogP contribution in [0.2, 0.25) is 83.6 Å². The van der Waals surface area contributed by atoms with Gasteiger partial charge in [-0.25, -0.2) is 0 Å². The Hall–Kier alpha value is 0.494. The summed E-state index contributed by atoms with van der Waals surface area (Å²) >= 11 is 0. The van der Waals surface area contributed by atoms with Gasteiger partial charge in [-0.3, -0.25) is 12.9 Å². The molecule has 16 heteroatoms. The minimum atomic E-state index is -3.61. The molecule has 0 fully saturated rings. The lowest BCUT2D eigenvalue weighted by Gasteiger charge is -2.38. The van der Waals surface area contributed by atoms with E-state index in [1.165, 1.54) is 0 Å². The number of hydrogen-bond donors (Lipinski definition) is 3. The molecule has 0 saturated carbocycles. The van der Waals surface area contributed by atoms with Gasteiger partial charge in [-0.1, -0.05) is 37.1 Å². The van der Waals surface area contributed by atoms with Crippen LogP contribution >= 0.6 is 0 Å². The van der Waals surface area contributed by atoms with Gasteiger partial charge in [0.25, 0.3) is 0 Å². The van der Waals surface area contributed by atoms with Crippen molar-refractivity contribution in [2.75, 3.05) is 19.6 Å². The Balaban J connectivity index is -0.0000000384. The number of halogens is 5. The van der Waals surface area contributed by atoms with E-state index in [9.17, 15) is 12.3 Å². The van der Waals surface area contributed by atoms with Crippen LogP contribution in [0.4, 0.5) is 17.0 Å². The average molecular weight is 692 g/mol. The molecule has 0 aliphatic rings. The fraction of sp³-hybridized carbons (Fsp3) is 1.00. The van der Waals surface area contributed by atoms with Crippen LogP contribution in [-0.2, 0) is 8.23 Å². The molecule has 0 saturated heterocycles. The maximum atomic E-state index is 12.7. The second kappa shape index (κ2) is 34.0. The molecule has 0 unspecified atom stereocenters. The van der Waals surface area contributed by atoms with E-state index in [1.807, 2.05) is 0 Å². The Morgan fingerprint density at radius 3 is 1.00 bits per heavy atom. The van der Waals surface area contributed by atoms with Gasteiger partial charge in [0, 0.05) is 0 Å². The smallest absolute Gasteiger partial charge is 0.419 e. The molecule has 0 amide bonds. The summed E-state index contributed by atoms with van der Waals surface area (Å²) in [5.74, 6) is 0. The van der Waals surface area contributed by atoms with Crippen LogP contribution in [0.25, 0.3) is 0 Å². The molecule has 0 aromatic carbocycles. The molecule has 40 heavy (non-hydrogen) atoms. The Labute approximate surface area is 254 Å². The highest BCUT2D eigenvalue weighted by atomic mass is 28.5. The van der Waals surface area contributed by atoms with Gasteiger partial charge in [0.2, 0.25) is 8.41 Å². The fourth-order valence-corrected chi connectivity index (χ4v) is 18.3. The monoisotopic (exact) mass is 691 g/mol. The lowest BCUT2D eigenvalue weighted by atomic mass is 10.5. The zero-order valence-corrected chi connectivity index (χ0v) is 29.0. The highest BCUT2D eigenvalue weighted by Crippen LogP contribution is 2.25. The summed E-state index contributed by atoms with van der Waals surface area (Å²) in [6.07, 6.45) is 3.06. The van der Waals surface area contributed by atoms with Crippen molar-refractivity contribution < 1.29 is 41.2 Å². The van der Waals surface area contributed by atoms with Crippen molar-refractivity contribution in [3.8, 4) is 0 Å². The van der Waals surface area contributed by atoms with Gasteiger partial charge in [-0.05, 0) is 116 Å². The number of rotatable bonds is 13. The van der Waals surface area contributed by atoms with E-state index in [0.29, 0.717) is 0 Å². The minimum Gasteiger partial charge on any atom is -1.00 e. The maximum Gasteiger partial charge on any atom is 0.419 e. The molecule has 0 aliphatic carbocycles. The molecule has 0 atom stereocenters. The van der Waals surface area contributed by atoms with E-state index in [0.717, 1.165) is 70.1 Å². The lowest BCUT2D eigenvalue weighted by Crippen LogP contribution is -3.00. The topological polar surface area (TPSA) is 130 Å². The number of hydrogen-bond acceptors (Lipinski definition) is 4. The standard InChI is InChI=1S/C12H34N2O2Si3.C5H14FNSi.C2H6F2Si.5CH4.2FH.H2O/c1-17(2,11-7-9-13)15-19(5,6)16-18(3,4)12-8-10-14;1-8(2,6)5-3-4-7;1-5(2,3)4;;;;;;;;/h7-14H2,1-6H3;3-5,7H2,1-2H3;1-2H3;5*1H4;2*1H;1H2. The van der Waals surface area contributed by atoms with Crippen LogP contribution in [0.15, 0.2) is 0 Å². The highest BCUT2D eigenvalue weighted by Gasteiger charge is 2.39. The molecule has 6 nitrogen and oxygen atoms in total. The average Bonchev–Trinajstić information content (AvgIpc) is 2.52. The van der Waals surface area contributed by atoms with Crippen LogP contribution in [0, 0.1) is 0 Å². The summed E-state index contributed by atoms with van der Waals surface area (Å²) in [7, 11) is -11.1. The molecule has 0 aromatic rings. The van der Waals surface area contributed by atoms with E-state index in [2.05, 4.69) is 45.0 Å². The highest BCUT2D eigenvalue weighted by molar-refractivity contribution is 6.87. The number of nitrogens with two attached hydrogens (primary N) is 2. The first-order valence-electron chi connectivity index (χ1n) is 11.8. The van der Waals surface area contributed by atoms with E-state index >= 15 is 0 Å². The fourth-order valence-electron chi connectivity index (χ4n) is 3.05. The summed E-state index contributed by atoms with van der Waals surface area (Å²) < 4.78 is 47.9. The summed E-state index contributed by atoms with van der Waals surface area (Å²) in [5.41, 5.74) is 14.8. The third-order valence-corrected chi connectivity index (χ3v) is 17.0. The molecule has 262 valence electrons. The largest absolute Gasteiger partial charge is 1.00 e. The normalized spacial score (nSPS) is 10.5. The van der Waals surface area contributed by atoms with E-state index in [4.69, 9.17) is 19.7 Å². The second-order valence-corrected chi connectivity index (χ2v) is 30.0. The van der Waals surface area contributed by atoms with Crippen LogP contribution in [0.1, 0.15) is 56.4 Å². The van der Waals surface area contributed by atoms with Crippen LogP contribution in [0.3, 0.4) is 0 Å². The van der Waals surface area contributed by atoms with Crippen molar-refractivity contribution in [2.45, 2.75) is 140 Å². The van der Waals surface area contributed by atoms with Crippen molar-refractivity contribution in [1.82, 2.24) is 0 Å². The molecular weight excluding hydrogens is 614 g/mol. The van der Waals surface area contributed by atoms with Gasteiger partial charge in [0.15, 0.2) is 16.6 Å². The number of quaternary nitrogens is 1. The van der Waals surface area contributed by atoms with Crippen LogP contribution in [0.5, 0.6) is 0 Å². The first kappa shape index (κ1) is 72.6. The molecule has 0 spiro atoms. The summed E-state index contributed by atoms with van der Waals surface area (Å²) in [5, 5.41) is 0. The summed E-state index contributed by atoms with van der Waals surface area (Å²) in [6.45, 7) is 21.3. The third-order valence-electron chi connectivity index (χ3n) is 4.03. The van der Waals surface area contributed by atoms with Gasteiger partial charge in [-0.2, -0.15) is 0 Å². The third kappa shape index (κ3) is 71.6. The molecular formula is C24H78F5N3O3Si5. The van der Waals surface area contributed by atoms with Gasteiger partial charge >= 0.3 is 17.3 Å². The Morgan fingerprint density at radius 1 is 0.600 bits per heavy atom. The Kier molecular flexibility index (Phi) is 61.7. The second-order valence-electron chi connectivity index (χ2n) is 10.9. The molecule has 0 heterocycles. The molecule has 0 aliphatic heterocycles. The molecule has 0 bridgehead atoms. The van der Waals surface area contributed by atoms with E-state index in [-0.39, 0.29) is 52.0 Å². The van der Waals surface area contributed by atoms with Gasteiger partial charge in [-0.15, -0.1) is 0 Å². The van der Waals surface area contributed by atoms with E-state index < -0.39 is 42.3 Å². The van der Waals surface area contributed by atoms with Crippen molar-refractivity contribution in [1.29, 1.82) is 0 Å². The first-order chi connectivity index (χ1) is 14.1. The Morgan fingerprint density at radius 2 is 0.850 bits per heavy atom. The molecule has 0 aromatic heterocycles. The first-order valence-corrected chi connectivity index (χ1v) is 26.6. The Bertz CT molecular complexity index is 448.